The van der Waals surface area contributed by atoms with Gasteiger partial charge in [0.2, 0.25) is 0 Å². The van der Waals surface area contributed by atoms with E-state index in [-0.39, 0.29) is 0 Å². The number of hydrogen-bond acceptors (Lipinski definition) is 3. The Kier molecular flexibility index (Phi) is 3.33. The molecule has 2 saturated heterocycles. The van der Waals surface area contributed by atoms with Crippen molar-refractivity contribution >= 4 is 0 Å². The fourth-order valence-electron chi connectivity index (χ4n) is 2.90. The highest BCUT2D eigenvalue weighted by molar-refractivity contribution is 4.96. The molecular formula is C12H24N2O. The molecule has 0 aromatic rings. The predicted octanol–water partition coefficient (Wildman–Crippen LogP) is 1.08. The molecule has 15 heavy (non-hydrogen) atoms. The molecule has 2 fully saturated rings. The topological polar surface area (TPSA) is 38.5 Å². The van der Waals surface area contributed by atoms with E-state index in [1.807, 2.05) is 0 Å². The van der Waals surface area contributed by atoms with E-state index in [0.717, 1.165) is 25.6 Å². The molecule has 0 aromatic carbocycles. The van der Waals surface area contributed by atoms with Crippen molar-refractivity contribution in [2.24, 2.45) is 17.1 Å². The zero-order valence-electron chi connectivity index (χ0n) is 10.0. The summed E-state index contributed by atoms with van der Waals surface area (Å²) in [6.45, 7) is 6.55. The second-order valence-corrected chi connectivity index (χ2v) is 5.62. The lowest BCUT2D eigenvalue weighted by molar-refractivity contribution is -0.148. The van der Waals surface area contributed by atoms with Gasteiger partial charge in [0.05, 0.1) is 13.2 Å². The third-order valence-electron chi connectivity index (χ3n) is 4.13. The number of hydrogen-bond donors (Lipinski definition) is 1. The number of likely N-dealkylation sites (tertiary alicyclic amines) is 1. The average molecular weight is 212 g/mol. The molecule has 88 valence electrons. The summed E-state index contributed by atoms with van der Waals surface area (Å²) in [6, 6.07) is 0.335. The minimum Gasteiger partial charge on any atom is -0.380 e. The first-order chi connectivity index (χ1) is 7.12. The molecule has 0 saturated carbocycles. The van der Waals surface area contributed by atoms with Gasteiger partial charge in [-0.3, -0.25) is 0 Å². The fourth-order valence-corrected chi connectivity index (χ4v) is 2.90. The SMILES string of the molecule is CC(N)CCC1(C2CCN(C)C2)COC1. The van der Waals surface area contributed by atoms with Gasteiger partial charge in [-0.25, -0.2) is 0 Å². The molecule has 3 heteroatoms. The van der Waals surface area contributed by atoms with Crippen molar-refractivity contribution in [3.8, 4) is 0 Å². The third kappa shape index (κ3) is 2.35. The highest BCUT2D eigenvalue weighted by atomic mass is 16.5. The number of nitrogens with zero attached hydrogens (tertiary/aromatic N) is 1. The van der Waals surface area contributed by atoms with Crippen molar-refractivity contribution in [3.63, 3.8) is 0 Å². The van der Waals surface area contributed by atoms with Crippen molar-refractivity contribution in [2.45, 2.75) is 32.2 Å². The van der Waals surface area contributed by atoms with Gasteiger partial charge in [-0.05, 0) is 45.7 Å². The molecule has 2 aliphatic heterocycles. The van der Waals surface area contributed by atoms with E-state index in [2.05, 4.69) is 18.9 Å². The molecular weight excluding hydrogens is 188 g/mol. The summed E-state index contributed by atoms with van der Waals surface area (Å²) in [5.74, 6) is 0.843. The van der Waals surface area contributed by atoms with Crippen LogP contribution in [0.1, 0.15) is 26.2 Å². The molecule has 0 aromatic heterocycles. The van der Waals surface area contributed by atoms with E-state index in [1.165, 1.54) is 25.9 Å². The van der Waals surface area contributed by atoms with E-state index < -0.39 is 0 Å². The molecule has 2 atom stereocenters. The maximum atomic E-state index is 5.85. The molecule has 0 aliphatic carbocycles. The van der Waals surface area contributed by atoms with Crippen LogP contribution in [0.3, 0.4) is 0 Å². The highest BCUT2D eigenvalue weighted by Crippen LogP contribution is 2.44. The molecule has 0 amide bonds. The van der Waals surface area contributed by atoms with Crippen LogP contribution in [-0.2, 0) is 4.74 Å². The van der Waals surface area contributed by atoms with Crippen LogP contribution in [0.2, 0.25) is 0 Å². The molecule has 2 aliphatic rings. The van der Waals surface area contributed by atoms with Crippen LogP contribution in [-0.4, -0.2) is 44.3 Å². The van der Waals surface area contributed by atoms with E-state index in [9.17, 15) is 0 Å². The van der Waals surface area contributed by atoms with Gasteiger partial charge in [0, 0.05) is 18.0 Å². The standard InChI is InChI=1S/C12H24N2O/c1-10(13)3-5-12(8-15-9-12)11-4-6-14(2)7-11/h10-11H,3-9,13H2,1-2H3. The van der Waals surface area contributed by atoms with Crippen LogP contribution >= 0.6 is 0 Å². The molecule has 2 rings (SSSR count). The van der Waals surface area contributed by atoms with Crippen LogP contribution in [0, 0.1) is 11.3 Å². The minimum absolute atomic E-state index is 0.335. The van der Waals surface area contributed by atoms with Gasteiger partial charge < -0.3 is 15.4 Å². The maximum absolute atomic E-state index is 5.85. The van der Waals surface area contributed by atoms with Crippen LogP contribution in [0.25, 0.3) is 0 Å². The first-order valence-corrected chi connectivity index (χ1v) is 6.14. The summed E-state index contributed by atoms with van der Waals surface area (Å²) in [4.78, 5) is 2.44. The van der Waals surface area contributed by atoms with Crippen LogP contribution < -0.4 is 5.73 Å². The lowest BCUT2D eigenvalue weighted by atomic mass is 9.69. The van der Waals surface area contributed by atoms with E-state index in [0.29, 0.717) is 11.5 Å². The van der Waals surface area contributed by atoms with Crippen molar-refractivity contribution in [1.82, 2.24) is 4.90 Å². The van der Waals surface area contributed by atoms with Gasteiger partial charge in [-0.2, -0.15) is 0 Å². The van der Waals surface area contributed by atoms with Gasteiger partial charge in [-0.15, -0.1) is 0 Å². The lowest BCUT2D eigenvalue weighted by Gasteiger charge is -2.46. The van der Waals surface area contributed by atoms with Crippen molar-refractivity contribution in [2.75, 3.05) is 33.4 Å². The molecule has 2 unspecified atom stereocenters. The predicted molar refractivity (Wildman–Crippen MR) is 61.7 cm³/mol. The summed E-state index contributed by atoms with van der Waals surface area (Å²) in [7, 11) is 2.22. The third-order valence-corrected chi connectivity index (χ3v) is 4.13. The van der Waals surface area contributed by atoms with Gasteiger partial charge in [0.25, 0.3) is 0 Å². The zero-order chi connectivity index (χ0) is 10.9. The summed E-state index contributed by atoms with van der Waals surface area (Å²) in [6.07, 6.45) is 3.74. The van der Waals surface area contributed by atoms with Gasteiger partial charge in [0.1, 0.15) is 0 Å². The second kappa shape index (κ2) is 4.40. The van der Waals surface area contributed by atoms with Crippen molar-refractivity contribution in [3.05, 3.63) is 0 Å². The monoisotopic (exact) mass is 212 g/mol. The Balaban J connectivity index is 1.90. The maximum Gasteiger partial charge on any atom is 0.0547 e. The molecule has 0 bridgehead atoms. The van der Waals surface area contributed by atoms with Gasteiger partial charge in [0.15, 0.2) is 0 Å². The lowest BCUT2D eigenvalue weighted by Crippen LogP contribution is -2.49. The normalized spacial score (nSPS) is 32.6. The molecule has 0 radical (unpaired) electrons. The number of ether oxygens (including phenoxy) is 1. The summed E-state index contributed by atoms with van der Waals surface area (Å²) in [5, 5.41) is 0. The van der Waals surface area contributed by atoms with Gasteiger partial charge >= 0.3 is 0 Å². The summed E-state index contributed by atoms with van der Waals surface area (Å²) in [5.41, 5.74) is 6.32. The highest BCUT2D eigenvalue weighted by Gasteiger charge is 2.46. The first kappa shape index (κ1) is 11.4. The van der Waals surface area contributed by atoms with E-state index in [4.69, 9.17) is 10.5 Å². The van der Waals surface area contributed by atoms with Gasteiger partial charge in [-0.1, -0.05) is 0 Å². The number of nitrogens with two attached hydrogens (primary N) is 1. The molecule has 2 N–H and O–H groups in total. The summed E-state index contributed by atoms with van der Waals surface area (Å²) < 4.78 is 5.46. The van der Waals surface area contributed by atoms with Crippen LogP contribution in [0.4, 0.5) is 0 Å². The van der Waals surface area contributed by atoms with E-state index in [1.54, 1.807) is 0 Å². The minimum atomic E-state index is 0.335. The quantitative estimate of drug-likeness (QED) is 0.758. The molecule has 3 nitrogen and oxygen atoms in total. The fraction of sp³-hybridized carbons (Fsp3) is 1.00. The Bertz CT molecular complexity index is 214. The Morgan fingerprint density at radius 2 is 2.27 bits per heavy atom. The smallest absolute Gasteiger partial charge is 0.0547 e. The Morgan fingerprint density at radius 1 is 1.53 bits per heavy atom. The Hall–Kier alpha value is -0.120. The largest absolute Gasteiger partial charge is 0.380 e. The molecule has 0 spiro atoms. The summed E-state index contributed by atoms with van der Waals surface area (Å²) >= 11 is 0. The average Bonchev–Trinajstić information content (AvgIpc) is 2.50. The Labute approximate surface area is 93.0 Å². The second-order valence-electron chi connectivity index (χ2n) is 5.62. The van der Waals surface area contributed by atoms with Crippen molar-refractivity contribution in [1.29, 1.82) is 0 Å². The number of rotatable bonds is 4. The Morgan fingerprint density at radius 3 is 2.67 bits per heavy atom. The first-order valence-electron chi connectivity index (χ1n) is 6.14. The molecule has 2 heterocycles. The van der Waals surface area contributed by atoms with E-state index >= 15 is 0 Å². The van der Waals surface area contributed by atoms with Crippen LogP contribution in [0.15, 0.2) is 0 Å². The van der Waals surface area contributed by atoms with Crippen LogP contribution in [0.5, 0.6) is 0 Å². The van der Waals surface area contributed by atoms with Crippen molar-refractivity contribution < 1.29 is 4.74 Å². The zero-order valence-corrected chi connectivity index (χ0v) is 10.0.